The Bertz CT molecular complexity index is 607. The van der Waals surface area contributed by atoms with Crippen LogP contribution < -0.4 is 0 Å². The van der Waals surface area contributed by atoms with E-state index in [0.29, 0.717) is 18.7 Å². The van der Waals surface area contributed by atoms with E-state index in [1.807, 2.05) is 0 Å². The van der Waals surface area contributed by atoms with Crippen molar-refractivity contribution in [2.75, 3.05) is 13.1 Å². The smallest absolute Gasteiger partial charge is 0.284 e. The molecule has 0 spiro atoms. The lowest BCUT2D eigenvalue weighted by molar-refractivity contribution is -0.161. The summed E-state index contributed by atoms with van der Waals surface area (Å²) in [6.45, 7) is 1.23. The maximum Gasteiger partial charge on any atom is 0.284 e. The summed E-state index contributed by atoms with van der Waals surface area (Å²) >= 11 is 0. The quantitative estimate of drug-likeness (QED) is 0.478. The van der Waals surface area contributed by atoms with Crippen molar-refractivity contribution in [1.82, 2.24) is 9.96 Å². The third-order valence-corrected chi connectivity index (χ3v) is 4.06. The number of amides is 3. The summed E-state index contributed by atoms with van der Waals surface area (Å²) in [7, 11) is 0. The van der Waals surface area contributed by atoms with E-state index in [2.05, 4.69) is 0 Å². The molecule has 1 saturated heterocycles. The molecule has 1 atom stereocenters. The molecule has 1 fully saturated rings. The predicted molar refractivity (Wildman–Crippen MR) is 72.6 cm³/mol. The highest BCUT2D eigenvalue weighted by molar-refractivity contribution is 6.18. The largest absolute Gasteiger partial charge is 0.342 e. The van der Waals surface area contributed by atoms with Gasteiger partial charge in [-0.25, -0.2) is 0 Å². The first-order chi connectivity index (χ1) is 10.1. The average molecular weight is 288 g/mol. The van der Waals surface area contributed by atoms with E-state index >= 15 is 0 Å². The minimum atomic E-state index is -1.12. The highest BCUT2D eigenvalue weighted by atomic mass is 16.5. The molecule has 6 heteroatoms. The molecule has 2 heterocycles. The van der Waals surface area contributed by atoms with Crippen LogP contribution in [0, 0.1) is 0 Å². The van der Waals surface area contributed by atoms with Gasteiger partial charge in [-0.3, -0.25) is 19.6 Å². The number of imide groups is 1. The molecule has 2 aliphatic rings. The van der Waals surface area contributed by atoms with Crippen molar-refractivity contribution in [2.24, 2.45) is 0 Å². The summed E-state index contributed by atoms with van der Waals surface area (Å²) in [5, 5.41) is 9.74. The van der Waals surface area contributed by atoms with Crippen LogP contribution in [-0.4, -0.2) is 46.0 Å². The molecule has 1 aromatic carbocycles. The van der Waals surface area contributed by atoms with Gasteiger partial charge in [-0.15, -0.1) is 0 Å². The second kappa shape index (κ2) is 5.29. The summed E-state index contributed by atoms with van der Waals surface area (Å²) in [5.41, 5.74) is 0.586. The van der Waals surface area contributed by atoms with Crippen LogP contribution in [0.3, 0.4) is 0 Å². The first kappa shape index (κ1) is 13.8. The number of hydroxylamine groups is 2. The van der Waals surface area contributed by atoms with Crippen molar-refractivity contribution in [3.8, 4) is 0 Å². The van der Waals surface area contributed by atoms with Crippen molar-refractivity contribution in [3.63, 3.8) is 0 Å². The monoisotopic (exact) mass is 288 g/mol. The first-order valence-corrected chi connectivity index (χ1v) is 7.06. The van der Waals surface area contributed by atoms with Gasteiger partial charge in [0, 0.05) is 18.7 Å². The minimum absolute atomic E-state index is 0.0643. The molecule has 3 amide bonds. The Morgan fingerprint density at radius 3 is 2.48 bits per heavy atom. The van der Waals surface area contributed by atoms with Gasteiger partial charge in [0.15, 0.2) is 0 Å². The van der Waals surface area contributed by atoms with Gasteiger partial charge in [-0.1, -0.05) is 18.2 Å². The fraction of sp³-hybridized carbons (Fsp3) is 0.400. The molecule has 2 aliphatic heterocycles. The molecular formula is C15H16N2O4. The second-order valence-electron chi connectivity index (χ2n) is 5.36. The fourth-order valence-corrected chi connectivity index (χ4v) is 2.95. The molecule has 0 aromatic heterocycles. The molecule has 6 nitrogen and oxygen atoms in total. The van der Waals surface area contributed by atoms with Crippen LogP contribution in [0.2, 0.25) is 0 Å². The highest BCUT2D eigenvalue weighted by Gasteiger charge is 2.43. The Morgan fingerprint density at radius 1 is 1.10 bits per heavy atom. The van der Waals surface area contributed by atoms with E-state index in [4.69, 9.17) is 0 Å². The number of piperidine rings is 1. The van der Waals surface area contributed by atoms with Crippen LogP contribution >= 0.6 is 0 Å². The van der Waals surface area contributed by atoms with E-state index in [0.717, 1.165) is 19.3 Å². The van der Waals surface area contributed by atoms with E-state index in [1.165, 1.54) is 6.07 Å². The molecule has 21 heavy (non-hydrogen) atoms. The van der Waals surface area contributed by atoms with E-state index in [1.54, 1.807) is 23.1 Å². The van der Waals surface area contributed by atoms with Crippen LogP contribution in [0.15, 0.2) is 24.3 Å². The minimum Gasteiger partial charge on any atom is -0.342 e. The van der Waals surface area contributed by atoms with Gasteiger partial charge in [0.2, 0.25) is 5.91 Å². The zero-order valence-electron chi connectivity index (χ0n) is 11.5. The van der Waals surface area contributed by atoms with Crippen molar-refractivity contribution in [3.05, 3.63) is 35.4 Å². The predicted octanol–water partition coefficient (Wildman–Crippen LogP) is 1.15. The molecular weight excluding hydrogens is 272 g/mol. The topological polar surface area (TPSA) is 77.9 Å². The third kappa shape index (κ3) is 2.21. The van der Waals surface area contributed by atoms with Gasteiger partial charge >= 0.3 is 0 Å². The number of hydrogen-bond acceptors (Lipinski definition) is 4. The Balaban J connectivity index is 2.00. The van der Waals surface area contributed by atoms with Crippen LogP contribution in [0.25, 0.3) is 0 Å². The van der Waals surface area contributed by atoms with Gasteiger partial charge in [-0.05, 0) is 30.9 Å². The fourth-order valence-electron chi connectivity index (χ4n) is 2.95. The van der Waals surface area contributed by atoms with E-state index < -0.39 is 17.7 Å². The maximum atomic E-state index is 12.6. The number of nitrogens with zero attached hydrogens (tertiary/aromatic N) is 2. The van der Waals surface area contributed by atoms with Gasteiger partial charge in [0.1, 0.15) is 5.92 Å². The van der Waals surface area contributed by atoms with Gasteiger partial charge in [0.05, 0.1) is 0 Å². The Morgan fingerprint density at radius 2 is 1.76 bits per heavy atom. The number of benzene rings is 1. The molecule has 1 aromatic rings. The Labute approximate surface area is 121 Å². The van der Waals surface area contributed by atoms with Crippen LogP contribution in [0.1, 0.15) is 41.1 Å². The molecule has 0 bridgehead atoms. The van der Waals surface area contributed by atoms with Crippen molar-refractivity contribution in [2.45, 2.75) is 25.2 Å². The van der Waals surface area contributed by atoms with Crippen molar-refractivity contribution >= 4 is 17.7 Å². The first-order valence-electron chi connectivity index (χ1n) is 7.06. The van der Waals surface area contributed by atoms with Crippen molar-refractivity contribution in [1.29, 1.82) is 0 Å². The van der Waals surface area contributed by atoms with Gasteiger partial charge in [0.25, 0.3) is 11.8 Å². The third-order valence-electron chi connectivity index (χ3n) is 4.06. The summed E-state index contributed by atoms with van der Waals surface area (Å²) in [6.07, 6.45) is 2.90. The van der Waals surface area contributed by atoms with Gasteiger partial charge in [-0.2, -0.15) is 5.06 Å². The lowest BCUT2D eigenvalue weighted by atomic mass is 9.88. The van der Waals surface area contributed by atoms with Crippen LogP contribution in [0.5, 0.6) is 0 Å². The average Bonchev–Trinajstić information content (AvgIpc) is 2.53. The summed E-state index contributed by atoms with van der Waals surface area (Å²) in [4.78, 5) is 38.4. The number of fused-ring (bicyclic) bond motifs is 1. The number of hydrogen-bond donors (Lipinski definition) is 1. The Kier molecular flexibility index (Phi) is 3.47. The summed E-state index contributed by atoms with van der Waals surface area (Å²) in [6, 6.07) is 6.44. The normalized spacial score (nSPS) is 22.2. The number of likely N-dealkylation sites (tertiary alicyclic amines) is 1. The second-order valence-corrected chi connectivity index (χ2v) is 5.36. The molecule has 0 saturated carbocycles. The maximum absolute atomic E-state index is 12.6. The highest BCUT2D eigenvalue weighted by Crippen LogP contribution is 2.30. The van der Waals surface area contributed by atoms with Crippen molar-refractivity contribution < 1.29 is 19.6 Å². The Hall–Kier alpha value is -2.21. The van der Waals surface area contributed by atoms with E-state index in [-0.39, 0.29) is 16.5 Å². The summed E-state index contributed by atoms with van der Waals surface area (Å²) < 4.78 is 0. The molecule has 0 radical (unpaired) electrons. The molecule has 3 rings (SSSR count). The lowest BCUT2D eigenvalue weighted by Gasteiger charge is -2.33. The molecule has 1 unspecified atom stereocenters. The lowest BCUT2D eigenvalue weighted by Crippen LogP contribution is -2.49. The number of carbonyl (C=O) groups is 3. The zero-order valence-corrected chi connectivity index (χ0v) is 11.5. The van der Waals surface area contributed by atoms with Crippen LogP contribution in [-0.2, 0) is 9.59 Å². The zero-order chi connectivity index (χ0) is 15.0. The van der Waals surface area contributed by atoms with Gasteiger partial charge < -0.3 is 4.90 Å². The standard InChI is InChI=1S/C15H16N2O4/c18-13-11-7-3-2-6-10(11)12(15(20)17(13)21)14(19)16-8-4-1-5-9-16/h2-3,6-7,12,21H,1,4-5,8-9H2. The number of rotatable bonds is 1. The molecule has 0 aliphatic carbocycles. The van der Waals surface area contributed by atoms with E-state index in [9.17, 15) is 19.6 Å². The summed E-state index contributed by atoms with van der Waals surface area (Å²) in [5.74, 6) is -3.10. The van der Waals surface area contributed by atoms with Crippen LogP contribution in [0.4, 0.5) is 0 Å². The number of carbonyl (C=O) groups excluding carboxylic acids is 3. The molecule has 1 N–H and O–H groups in total. The SMILES string of the molecule is O=C(C1C(=O)N(O)C(=O)c2ccccc21)N1CCCCC1. The molecule has 110 valence electrons.